The standard InChI is InChI=1S/C14H13FINO/c1-13(2)7-14(3-4-14)18-12-8(6-17)11(16)10(15)5-9(12)13/h5H,3-4,7H2,1-2H3. The predicted octanol–water partition coefficient (Wildman–Crippen LogP) is 3.89. The molecule has 0 saturated heterocycles. The van der Waals surface area contributed by atoms with Gasteiger partial charge in [0.1, 0.15) is 28.8 Å². The molecule has 0 amide bonds. The van der Waals surface area contributed by atoms with Gasteiger partial charge in [0.2, 0.25) is 0 Å². The fourth-order valence-electron chi connectivity index (χ4n) is 2.89. The lowest BCUT2D eigenvalue weighted by Gasteiger charge is -2.38. The van der Waals surface area contributed by atoms with Crippen LogP contribution in [0, 0.1) is 20.7 Å². The topological polar surface area (TPSA) is 33.0 Å². The average molecular weight is 357 g/mol. The van der Waals surface area contributed by atoms with Gasteiger partial charge in [0.05, 0.1) is 3.57 Å². The Bertz CT molecular complexity index is 584. The summed E-state index contributed by atoms with van der Waals surface area (Å²) in [5.41, 5.74) is 0.947. The molecule has 0 unspecified atom stereocenters. The van der Waals surface area contributed by atoms with E-state index in [0.717, 1.165) is 24.8 Å². The van der Waals surface area contributed by atoms with E-state index in [1.54, 1.807) is 0 Å². The summed E-state index contributed by atoms with van der Waals surface area (Å²) in [7, 11) is 0. The number of benzene rings is 1. The molecule has 1 aliphatic carbocycles. The molecule has 0 bridgehead atoms. The Kier molecular flexibility index (Phi) is 2.44. The van der Waals surface area contributed by atoms with E-state index in [1.807, 2.05) is 22.6 Å². The summed E-state index contributed by atoms with van der Waals surface area (Å²) in [4.78, 5) is 0. The number of hydrogen-bond donors (Lipinski definition) is 0. The monoisotopic (exact) mass is 357 g/mol. The molecule has 1 aliphatic heterocycles. The predicted molar refractivity (Wildman–Crippen MR) is 74.1 cm³/mol. The number of halogens is 2. The number of hydrogen-bond acceptors (Lipinski definition) is 2. The third-order valence-corrected chi connectivity index (χ3v) is 4.96. The number of rotatable bonds is 0. The van der Waals surface area contributed by atoms with Gasteiger partial charge in [-0.05, 0) is 53.3 Å². The third kappa shape index (κ3) is 1.63. The van der Waals surface area contributed by atoms with Crippen LogP contribution in [0.4, 0.5) is 4.39 Å². The van der Waals surface area contributed by atoms with Crippen molar-refractivity contribution >= 4 is 22.6 Å². The van der Waals surface area contributed by atoms with Gasteiger partial charge in [-0.25, -0.2) is 4.39 Å². The van der Waals surface area contributed by atoms with Crippen LogP contribution in [0.15, 0.2) is 6.07 Å². The van der Waals surface area contributed by atoms with Gasteiger partial charge >= 0.3 is 0 Å². The first-order valence-electron chi connectivity index (χ1n) is 6.00. The van der Waals surface area contributed by atoms with Crippen LogP contribution in [0.3, 0.4) is 0 Å². The summed E-state index contributed by atoms with van der Waals surface area (Å²) in [6.45, 7) is 4.20. The van der Waals surface area contributed by atoms with E-state index in [1.165, 1.54) is 6.07 Å². The fraction of sp³-hybridized carbons (Fsp3) is 0.500. The maximum atomic E-state index is 13.9. The molecule has 2 aliphatic rings. The van der Waals surface area contributed by atoms with Crippen molar-refractivity contribution in [2.45, 2.75) is 44.1 Å². The molecule has 0 radical (unpaired) electrons. The minimum Gasteiger partial charge on any atom is -0.486 e. The van der Waals surface area contributed by atoms with Gasteiger partial charge in [-0.15, -0.1) is 0 Å². The summed E-state index contributed by atoms with van der Waals surface area (Å²) >= 11 is 1.88. The molecule has 2 nitrogen and oxygen atoms in total. The number of nitrogens with zero attached hydrogens (tertiary/aromatic N) is 1. The van der Waals surface area contributed by atoms with Crippen molar-refractivity contribution in [3.63, 3.8) is 0 Å². The molecule has 0 aromatic heterocycles. The quantitative estimate of drug-likeness (QED) is 0.660. The second kappa shape index (κ2) is 3.60. The van der Waals surface area contributed by atoms with Crippen molar-refractivity contribution in [2.75, 3.05) is 0 Å². The van der Waals surface area contributed by atoms with Crippen LogP contribution in [-0.4, -0.2) is 5.60 Å². The molecule has 0 atom stereocenters. The van der Waals surface area contributed by atoms with Gasteiger partial charge in [-0.2, -0.15) is 5.26 Å². The number of nitriles is 1. The lowest BCUT2D eigenvalue weighted by atomic mass is 9.76. The molecule has 94 valence electrons. The molecule has 18 heavy (non-hydrogen) atoms. The normalized spacial score (nSPS) is 21.9. The Morgan fingerprint density at radius 3 is 2.67 bits per heavy atom. The van der Waals surface area contributed by atoms with E-state index < -0.39 is 0 Å². The van der Waals surface area contributed by atoms with Gasteiger partial charge in [-0.3, -0.25) is 0 Å². The highest BCUT2D eigenvalue weighted by atomic mass is 127. The Labute approximate surface area is 119 Å². The Hall–Kier alpha value is -0.830. The van der Waals surface area contributed by atoms with Crippen molar-refractivity contribution in [1.82, 2.24) is 0 Å². The van der Waals surface area contributed by atoms with Crippen LogP contribution in [0.25, 0.3) is 0 Å². The van der Waals surface area contributed by atoms with Gasteiger partial charge in [-0.1, -0.05) is 13.8 Å². The zero-order chi connectivity index (χ0) is 13.1. The molecule has 1 fully saturated rings. The number of fused-ring (bicyclic) bond motifs is 1. The Morgan fingerprint density at radius 2 is 2.11 bits per heavy atom. The van der Waals surface area contributed by atoms with Crippen molar-refractivity contribution in [3.05, 3.63) is 26.6 Å². The molecule has 3 rings (SSSR count). The lowest BCUT2D eigenvalue weighted by Crippen LogP contribution is -2.36. The first-order chi connectivity index (χ1) is 8.38. The van der Waals surface area contributed by atoms with E-state index in [2.05, 4.69) is 19.9 Å². The maximum Gasteiger partial charge on any atom is 0.142 e. The highest BCUT2D eigenvalue weighted by molar-refractivity contribution is 14.1. The number of ether oxygens (including phenoxy) is 1. The second-order valence-corrected chi connectivity index (χ2v) is 6.96. The zero-order valence-electron chi connectivity index (χ0n) is 10.3. The van der Waals surface area contributed by atoms with Crippen LogP contribution in [0.1, 0.15) is 44.2 Å². The second-order valence-electron chi connectivity index (χ2n) is 5.88. The summed E-state index contributed by atoms with van der Waals surface area (Å²) in [5.74, 6) is 0.284. The van der Waals surface area contributed by atoms with Crippen LogP contribution in [0.5, 0.6) is 5.75 Å². The summed E-state index contributed by atoms with van der Waals surface area (Å²) in [5, 5.41) is 9.26. The molecule has 0 N–H and O–H groups in total. The highest BCUT2D eigenvalue weighted by Crippen LogP contribution is 2.56. The van der Waals surface area contributed by atoms with Crippen LogP contribution < -0.4 is 4.74 Å². The Balaban J connectivity index is 2.28. The van der Waals surface area contributed by atoms with Crippen molar-refractivity contribution in [1.29, 1.82) is 5.26 Å². The molecule has 1 saturated carbocycles. The van der Waals surface area contributed by atoms with E-state index in [-0.39, 0.29) is 16.8 Å². The minimum absolute atomic E-state index is 0.0942. The fourth-order valence-corrected chi connectivity index (χ4v) is 3.41. The van der Waals surface area contributed by atoms with E-state index >= 15 is 0 Å². The van der Waals surface area contributed by atoms with E-state index in [4.69, 9.17) is 4.74 Å². The molecule has 1 aromatic carbocycles. The van der Waals surface area contributed by atoms with E-state index in [9.17, 15) is 9.65 Å². The maximum absolute atomic E-state index is 13.9. The lowest BCUT2D eigenvalue weighted by molar-refractivity contribution is 0.111. The summed E-state index contributed by atoms with van der Waals surface area (Å²) in [6, 6.07) is 3.63. The molecule has 1 heterocycles. The first-order valence-corrected chi connectivity index (χ1v) is 7.08. The Morgan fingerprint density at radius 1 is 1.44 bits per heavy atom. The van der Waals surface area contributed by atoms with Crippen molar-refractivity contribution in [3.8, 4) is 11.8 Å². The van der Waals surface area contributed by atoms with Crippen molar-refractivity contribution < 1.29 is 9.13 Å². The van der Waals surface area contributed by atoms with Crippen molar-refractivity contribution in [2.24, 2.45) is 0 Å². The SMILES string of the molecule is CC1(C)CC2(CC2)Oc2c1cc(F)c(I)c2C#N. The molecular weight excluding hydrogens is 344 g/mol. The van der Waals surface area contributed by atoms with Crippen LogP contribution >= 0.6 is 22.6 Å². The minimum atomic E-state index is -0.325. The van der Waals surface area contributed by atoms with Crippen LogP contribution in [-0.2, 0) is 5.41 Å². The highest BCUT2D eigenvalue weighted by Gasteiger charge is 2.54. The van der Waals surface area contributed by atoms with E-state index in [0.29, 0.717) is 14.9 Å². The summed E-state index contributed by atoms with van der Waals surface area (Å²) in [6.07, 6.45) is 2.97. The average Bonchev–Trinajstić information content (AvgIpc) is 3.01. The largest absolute Gasteiger partial charge is 0.486 e. The smallest absolute Gasteiger partial charge is 0.142 e. The molecule has 1 aromatic rings. The van der Waals surface area contributed by atoms with Gasteiger partial charge < -0.3 is 4.74 Å². The van der Waals surface area contributed by atoms with Gasteiger partial charge in [0.25, 0.3) is 0 Å². The van der Waals surface area contributed by atoms with Gasteiger partial charge in [0, 0.05) is 5.56 Å². The first kappa shape index (κ1) is 12.2. The molecule has 4 heteroatoms. The third-order valence-electron chi connectivity index (χ3n) is 3.90. The molecular formula is C14H13FINO. The summed E-state index contributed by atoms with van der Waals surface area (Å²) < 4.78 is 20.3. The van der Waals surface area contributed by atoms with Gasteiger partial charge in [0.15, 0.2) is 0 Å². The van der Waals surface area contributed by atoms with Crippen LogP contribution in [0.2, 0.25) is 0 Å². The molecule has 1 spiro atoms. The zero-order valence-corrected chi connectivity index (χ0v) is 12.5.